The van der Waals surface area contributed by atoms with Gasteiger partial charge in [0, 0.05) is 39.3 Å². The van der Waals surface area contributed by atoms with E-state index in [9.17, 15) is 46.0 Å². The number of phenols is 5. The molecule has 0 atom stereocenters. The third-order valence-electron chi connectivity index (χ3n) is 11.1. The van der Waals surface area contributed by atoms with Crippen LogP contribution in [0.5, 0.6) is 28.7 Å². The number of hydrogen-bond acceptors (Lipinski definition) is 10. The summed E-state index contributed by atoms with van der Waals surface area (Å²) in [6.45, 7) is -1.68. The Morgan fingerprint density at radius 2 is 1.08 bits per heavy atom. The Balaban J connectivity index is 1.26. The van der Waals surface area contributed by atoms with Gasteiger partial charge < -0.3 is 50.4 Å². The quantitative estimate of drug-likeness (QED) is 0.0235. The van der Waals surface area contributed by atoms with E-state index in [1.807, 2.05) is 84.9 Å². The van der Waals surface area contributed by atoms with Gasteiger partial charge in [-0.3, -0.25) is 0 Å². The molecule has 0 amide bonds. The molecular weight excluding hydrogens is 749 g/mol. The lowest BCUT2D eigenvalue weighted by atomic mass is 9.84. The van der Waals surface area contributed by atoms with E-state index in [0.717, 1.165) is 60.2 Å². The topological polar surface area (TPSA) is 195 Å². The summed E-state index contributed by atoms with van der Waals surface area (Å²) >= 11 is 0. The van der Waals surface area contributed by atoms with Crippen LogP contribution >= 0.6 is 0 Å². The molecule has 1 aromatic heterocycles. The lowest BCUT2D eigenvalue weighted by molar-refractivity contribution is 0.284. The Morgan fingerprint density at radius 3 is 1.71 bits per heavy atom. The average molecular weight is 785 g/mol. The van der Waals surface area contributed by atoms with Crippen LogP contribution in [-0.2, 0) is 6.42 Å². The van der Waals surface area contributed by atoms with E-state index in [4.69, 9.17) is 4.42 Å². The van der Waals surface area contributed by atoms with Crippen molar-refractivity contribution < 1.29 is 50.4 Å². The third-order valence-corrected chi connectivity index (χ3v) is 11.1. The Kier molecular flexibility index (Phi) is 9.00. The van der Waals surface area contributed by atoms with Gasteiger partial charge in [-0.1, -0.05) is 103 Å². The first-order valence-corrected chi connectivity index (χ1v) is 18.7. The molecule has 8 aromatic carbocycles. The zero-order valence-electron chi connectivity index (χ0n) is 31.2. The molecule has 0 saturated carbocycles. The number of aliphatic hydroxyl groups is 4. The first-order chi connectivity index (χ1) is 28.6. The van der Waals surface area contributed by atoms with Crippen molar-refractivity contribution >= 4 is 59.8 Å². The molecule has 59 heavy (non-hydrogen) atoms. The fourth-order valence-electron chi connectivity index (χ4n) is 8.29. The first-order valence-electron chi connectivity index (χ1n) is 18.7. The maximum absolute atomic E-state index is 11.7. The minimum absolute atomic E-state index is 0.0921. The second kappa shape index (κ2) is 14.4. The summed E-state index contributed by atoms with van der Waals surface area (Å²) in [7, 11) is 0. The van der Waals surface area contributed by atoms with Crippen molar-refractivity contribution in [2.75, 3.05) is 13.2 Å². The monoisotopic (exact) mass is 784 g/mol. The molecule has 9 N–H and O–H groups in total. The molecule has 292 valence electrons. The van der Waals surface area contributed by atoms with E-state index in [-0.39, 0.29) is 11.1 Å². The predicted octanol–water partition coefficient (Wildman–Crippen LogP) is 10.2. The summed E-state index contributed by atoms with van der Waals surface area (Å²) in [6.07, 6.45) is -0.684. The van der Waals surface area contributed by atoms with Crippen LogP contribution in [0.15, 0.2) is 149 Å². The zero-order valence-corrected chi connectivity index (χ0v) is 31.2. The van der Waals surface area contributed by atoms with Crippen LogP contribution < -0.4 is 0 Å². The van der Waals surface area contributed by atoms with Gasteiger partial charge in [-0.05, 0) is 79.0 Å². The largest absolute Gasteiger partial charge is 0.504 e. The molecule has 0 aliphatic rings. The van der Waals surface area contributed by atoms with Crippen LogP contribution in [0.1, 0.15) is 11.1 Å². The number of aromatic hydroxyl groups is 5. The minimum Gasteiger partial charge on any atom is -0.504 e. The van der Waals surface area contributed by atoms with E-state index >= 15 is 0 Å². The summed E-state index contributed by atoms with van der Waals surface area (Å²) in [5, 5.41) is 102. The number of rotatable bonds is 8. The molecule has 0 spiro atoms. The lowest BCUT2D eigenvalue weighted by Gasteiger charge is -2.20. The molecule has 0 saturated heterocycles. The van der Waals surface area contributed by atoms with Crippen molar-refractivity contribution in [3.8, 4) is 51.0 Å². The molecule has 0 unspecified atom stereocenters. The summed E-state index contributed by atoms with van der Waals surface area (Å²) in [5.41, 5.74) is 4.85. The third kappa shape index (κ3) is 5.81. The van der Waals surface area contributed by atoms with Crippen LogP contribution in [0.25, 0.3) is 82.1 Å². The molecular formula is C49H36O10. The van der Waals surface area contributed by atoms with E-state index in [0.29, 0.717) is 21.9 Å². The smallest absolute Gasteiger partial charge is 0.208 e. The van der Waals surface area contributed by atoms with Crippen LogP contribution in [0.3, 0.4) is 0 Å². The van der Waals surface area contributed by atoms with Gasteiger partial charge in [-0.2, -0.15) is 0 Å². The highest BCUT2D eigenvalue weighted by Gasteiger charge is 2.27. The van der Waals surface area contributed by atoms with E-state index < -0.39 is 65.5 Å². The van der Waals surface area contributed by atoms with Crippen molar-refractivity contribution in [1.82, 2.24) is 0 Å². The Hall–Kier alpha value is -7.66. The van der Waals surface area contributed by atoms with Gasteiger partial charge in [-0.15, -0.1) is 0 Å². The van der Waals surface area contributed by atoms with Crippen molar-refractivity contribution in [2.45, 2.75) is 6.42 Å². The fourth-order valence-corrected chi connectivity index (χ4v) is 8.29. The Labute approximate surface area is 335 Å². The molecule has 1 heterocycles. The molecule has 0 aliphatic heterocycles. The van der Waals surface area contributed by atoms with Crippen LogP contribution in [-0.4, -0.2) is 59.2 Å². The fraction of sp³-hybridized carbons (Fsp3) is 0.0612. The number of phenolic OH excluding ortho intramolecular Hbond substituents is 5. The maximum Gasteiger partial charge on any atom is 0.208 e. The SMILES string of the molecule is OC/C(Cc1c(O)c(O)c(O)c(O)c1O)=C(O)\C(O)=C(/CO)c1c2ccccc2c(-c2cccc3oc4c5ccc(-c6ccccc6)cc5ccc4c23)c2ccccc12. The standard InChI is InChI=1S/C49H36O10/c50-23-28(22-36-43(53)46(56)48(58)47(57)44(36)54)42(52)45(55)37(24-51)40-32-13-6-4-11-30(32)39(31-12-5-7-14-33(31)40)34-15-8-16-38-41(34)35-20-18-27-21-26(25-9-2-1-3-10-25)17-19-29(27)49(35)59-38/h1-21,50-58H,22-24H2/b42-28+,45-37-. The molecule has 9 rings (SSSR count). The van der Waals surface area contributed by atoms with Crippen molar-refractivity contribution in [2.24, 2.45) is 0 Å². The van der Waals surface area contributed by atoms with Gasteiger partial charge >= 0.3 is 0 Å². The number of furan rings is 1. The average Bonchev–Trinajstić information content (AvgIpc) is 3.67. The van der Waals surface area contributed by atoms with Crippen molar-refractivity contribution in [3.05, 3.63) is 156 Å². The van der Waals surface area contributed by atoms with Gasteiger partial charge in [0.15, 0.2) is 23.0 Å². The maximum atomic E-state index is 11.7. The van der Waals surface area contributed by atoms with Crippen LogP contribution in [0, 0.1) is 0 Å². The normalized spacial score (nSPS) is 12.8. The predicted molar refractivity (Wildman–Crippen MR) is 229 cm³/mol. The number of fused-ring (bicyclic) bond motifs is 7. The Morgan fingerprint density at radius 1 is 0.492 bits per heavy atom. The summed E-state index contributed by atoms with van der Waals surface area (Å²) in [4.78, 5) is 0. The highest BCUT2D eigenvalue weighted by Crippen LogP contribution is 2.52. The molecule has 0 aliphatic carbocycles. The minimum atomic E-state index is -1.17. The Bertz CT molecular complexity index is 3140. The number of benzene rings is 8. The van der Waals surface area contributed by atoms with E-state index in [1.54, 1.807) is 0 Å². The summed E-state index contributed by atoms with van der Waals surface area (Å²) in [6, 6.07) is 41.7. The second-order valence-electron chi connectivity index (χ2n) is 14.4. The second-order valence-corrected chi connectivity index (χ2v) is 14.4. The zero-order chi connectivity index (χ0) is 41.1. The highest BCUT2D eigenvalue weighted by molar-refractivity contribution is 6.26. The molecule has 0 bridgehead atoms. The highest BCUT2D eigenvalue weighted by atomic mass is 16.4. The van der Waals surface area contributed by atoms with Crippen LogP contribution in [0.2, 0.25) is 0 Å². The van der Waals surface area contributed by atoms with E-state index in [2.05, 4.69) is 42.5 Å². The molecule has 9 aromatic rings. The van der Waals surface area contributed by atoms with E-state index in [1.165, 1.54) is 0 Å². The molecule has 0 fully saturated rings. The first kappa shape index (κ1) is 36.9. The van der Waals surface area contributed by atoms with Gasteiger partial charge in [0.2, 0.25) is 17.2 Å². The molecule has 10 nitrogen and oxygen atoms in total. The van der Waals surface area contributed by atoms with Gasteiger partial charge in [0.1, 0.15) is 11.2 Å². The lowest BCUT2D eigenvalue weighted by Crippen LogP contribution is -2.07. The van der Waals surface area contributed by atoms with Gasteiger partial charge in [0.25, 0.3) is 0 Å². The van der Waals surface area contributed by atoms with Crippen LogP contribution in [0.4, 0.5) is 0 Å². The summed E-state index contributed by atoms with van der Waals surface area (Å²) in [5.74, 6) is -7.13. The van der Waals surface area contributed by atoms with Crippen molar-refractivity contribution in [1.29, 1.82) is 0 Å². The molecule has 0 radical (unpaired) electrons. The summed E-state index contributed by atoms with van der Waals surface area (Å²) < 4.78 is 6.65. The number of hydrogen-bond donors (Lipinski definition) is 9. The van der Waals surface area contributed by atoms with Crippen molar-refractivity contribution in [3.63, 3.8) is 0 Å². The van der Waals surface area contributed by atoms with Gasteiger partial charge in [-0.25, -0.2) is 0 Å². The van der Waals surface area contributed by atoms with Gasteiger partial charge in [0.05, 0.1) is 13.2 Å². The molecule has 10 heteroatoms. The number of aliphatic hydroxyl groups excluding tert-OH is 4.